The Morgan fingerprint density at radius 3 is 2.66 bits per heavy atom. The molecule has 5 heterocycles. The van der Waals surface area contributed by atoms with E-state index in [0.717, 1.165) is 57.1 Å². The van der Waals surface area contributed by atoms with Crippen LogP contribution < -0.4 is 5.32 Å². The number of rotatable bonds is 7. The second-order valence-electron chi connectivity index (χ2n) is 8.90. The van der Waals surface area contributed by atoms with Gasteiger partial charge in [-0.25, -0.2) is 9.97 Å². The second-order valence-corrected chi connectivity index (χ2v) is 9.68. The molecule has 1 fully saturated rings. The summed E-state index contributed by atoms with van der Waals surface area (Å²) in [5.41, 5.74) is 2.12. The van der Waals surface area contributed by atoms with E-state index in [9.17, 15) is 13.2 Å². The summed E-state index contributed by atoms with van der Waals surface area (Å²) in [5.74, 6) is 1.07. The van der Waals surface area contributed by atoms with Gasteiger partial charge in [-0.05, 0) is 84.4 Å². The Hall–Kier alpha value is -3.04. The van der Waals surface area contributed by atoms with Gasteiger partial charge in [0.15, 0.2) is 0 Å². The molecular formula is C26H26F3N5S. The zero-order valence-corrected chi connectivity index (χ0v) is 19.9. The molecule has 1 N–H and O–H groups in total. The number of halogens is 3. The molecule has 5 rings (SSSR count). The van der Waals surface area contributed by atoms with Crippen molar-refractivity contribution in [3.63, 3.8) is 0 Å². The third-order valence-electron chi connectivity index (χ3n) is 6.56. The molecule has 1 aliphatic rings. The summed E-state index contributed by atoms with van der Waals surface area (Å²) < 4.78 is 40.1. The fraction of sp³-hybridized carbons (Fsp3) is 0.346. The maximum Gasteiger partial charge on any atom is 0.433 e. The van der Waals surface area contributed by atoms with E-state index in [4.69, 9.17) is 0 Å². The van der Waals surface area contributed by atoms with Crippen molar-refractivity contribution in [1.29, 1.82) is 0 Å². The van der Waals surface area contributed by atoms with Crippen LogP contribution in [-0.2, 0) is 12.6 Å². The molecule has 0 unspecified atom stereocenters. The summed E-state index contributed by atoms with van der Waals surface area (Å²) in [6, 6.07) is 8.47. The predicted molar refractivity (Wildman–Crippen MR) is 133 cm³/mol. The van der Waals surface area contributed by atoms with Crippen molar-refractivity contribution in [2.45, 2.75) is 25.4 Å². The van der Waals surface area contributed by atoms with Crippen molar-refractivity contribution in [3.8, 4) is 11.1 Å². The summed E-state index contributed by atoms with van der Waals surface area (Å²) in [4.78, 5) is 15.2. The highest BCUT2D eigenvalue weighted by molar-refractivity contribution is 7.08. The molecule has 0 saturated carbocycles. The summed E-state index contributed by atoms with van der Waals surface area (Å²) in [6.07, 6.45) is 3.98. The minimum Gasteiger partial charge on any atom is -0.369 e. The molecule has 0 bridgehead atoms. The lowest BCUT2D eigenvalue weighted by Gasteiger charge is -2.32. The van der Waals surface area contributed by atoms with E-state index in [0.29, 0.717) is 28.2 Å². The lowest BCUT2D eigenvalue weighted by molar-refractivity contribution is -0.140. The molecule has 0 amide bonds. The molecular weight excluding hydrogens is 471 g/mol. The van der Waals surface area contributed by atoms with Crippen LogP contribution in [0.4, 0.5) is 19.0 Å². The van der Waals surface area contributed by atoms with Gasteiger partial charge in [0.1, 0.15) is 11.5 Å². The molecule has 0 atom stereocenters. The van der Waals surface area contributed by atoms with E-state index in [2.05, 4.69) is 31.2 Å². The van der Waals surface area contributed by atoms with Gasteiger partial charge in [-0.1, -0.05) is 6.07 Å². The van der Waals surface area contributed by atoms with Gasteiger partial charge in [0.05, 0.1) is 5.52 Å². The van der Waals surface area contributed by atoms with E-state index in [1.54, 1.807) is 12.4 Å². The average molecular weight is 498 g/mol. The van der Waals surface area contributed by atoms with Gasteiger partial charge in [-0.2, -0.15) is 24.5 Å². The van der Waals surface area contributed by atoms with E-state index in [1.807, 2.05) is 29.1 Å². The first-order valence-electron chi connectivity index (χ1n) is 11.7. The third kappa shape index (κ3) is 5.62. The minimum atomic E-state index is -4.50. The number of thiophene rings is 1. The molecule has 0 aromatic carbocycles. The summed E-state index contributed by atoms with van der Waals surface area (Å²) in [5, 5.41) is 7.80. The van der Waals surface area contributed by atoms with Gasteiger partial charge in [0.25, 0.3) is 0 Å². The van der Waals surface area contributed by atoms with Crippen LogP contribution in [0.5, 0.6) is 0 Å². The Morgan fingerprint density at radius 2 is 1.94 bits per heavy atom. The van der Waals surface area contributed by atoms with Gasteiger partial charge in [-0.15, -0.1) is 0 Å². The number of fused-ring (bicyclic) bond motifs is 1. The van der Waals surface area contributed by atoms with Gasteiger partial charge in [-0.3, -0.25) is 4.98 Å². The Labute approximate surface area is 206 Å². The number of piperidine rings is 1. The SMILES string of the molecule is FC(F)(F)c1ccc2c(NCC3CCN(CCc4cccnc4)CC3)ncc(-c3ccsc3)c2n1. The molecule has 1 saturated heterocycles. The highest BCUT2D eigenvalue weighted by Gasteiger charge is 2.33. The molecule has 0 aliphatic carbocycles. The fourth-order valence-electron chi connectivity index (χ4n) is 4.53. The Balaban J connectivity index is 1.25. The highest BCUT2D eigenvalue weighted by Crippen LogP contribution is 2.35. The summed E-state index contributed by atoms with van der Waals surface area (Å²) in [6.45, 7) is 3.83. The number of nitrogens with one attached hydrogen (secondary N) is 1. The number of hydrogen-bond donors (Lipinski definition) is 1. The molecule has 4 aromatic heterocycles. The minimum absolute atomic E-state index is 0.320. The molecule has 9 heteroatoms. The number of alkyl halides is 3. The van der Waals surface area contributed by atoms with Crippen molar-refractivity contribution in [1.82, 2.24) is 19.9 Å². The number of likely N-dealkylation sites (tertiary alicyclic amines) is 1. The van der Waals surface area contributed by atoms with Gasteiger partial charge < -0.3 is 10.2 Å². The Kier molecular flexibility index (Phi) is 6.97. The lowest BCUT2D eigenvalue weighted by Crippen LogP contribution is -2.37. The smallest absolute Gasteiger partial charge is 0.369 e. The van der Waals surface area contributed by atoms with Crippen molar-refractivity contribution in [2.75, 3.05) is 31.5 Å². The zero-order valence-electron chi connectivity index (χ0n) is 19.1. The van der Waals surface area contributed by atoms with Crippen molar-refractivity contribution in [2.24, 2.45) is 5.92 Å². The van der Waals surface area contributed by atoms with Crippen LogP contribution >= 0.6 is 11.3 Å². The predicted octanol–water partition coefficient (Wildman–Crippen LogP) is 6.14. The maximum atomic E-state index is 13.4. The Morgan fingerprint density at radius 1 is 1.09 bits per heavy atom. The van der Waals surface area contributed by atoms with Crippen LogP contribution in [0, 0.1) is 5.92 Å². The summed E-state index contributed by atoms with van der Waals surface area (Å²) >= 11 is 1.49. The molecule has 35 heavy (non-hydrogen) atoms. The first-order valence-corrected chi connectivity index (χ1v) is 12.7. The van der Waals surface area contributed by atoms with Crippen LogP contribution in [-0.4, -0.2) is 46.0 Å². The summed E-state index contributed by atoms with van der Waals surface area (Å²) in [7, 11) is 0. The molecule has 1 aliphatic heterocycles. The maximum absolute atomic E-state index is 13.4. The van der Waals surface area contributed by atoms with Crippen molar-refractivity contribution in [3.05, 3.63) is 70.9 Å². The number of pyridine rings is 3. The van der Waals surface area contributed by atoms with Crippen LogP contribution in [0.3, 0.4) is 0 Å². The quantitative estimate of drug-likeness (QED) is 0.333. The van der Waals surface area contributed by atoms with Gasteiger partial charge in [0.2, 0.25) is 0 Å². The lowest BCUT2D eigenvalue weighted by atomic mass is 9.96. The van der Waals surface area contributed by atoms with Crippen LogP contribution in [0.1, 0.15) is 24.1 Å². The highest BCUT2D eigenvalue weighted by atomic mass is 32.1. The second kappa shape index (κ2) is 10.3. The third-order valence-corrected chi connectivity index (χ3v) is 7.24. The van der Waals surface area contributed by atoms with Crippen molar-refractivity contribution >= 4 is 28.1 Å². The van der Waals surface area contributed by atoms with E-state index >= 15 is 0 Å². The number of nitrogens with zero attached hydrogens (tertiary/aromatic N) is 4. The fourth-order valence-corrected chi connectivity index (χ4v) is 5.19. The average Bonchev–Trinajstić information content (AvgIpc) is 3.41. The molecule has 182 valence electrons. The zero-order chi connectivity index (χ0) is 24.3. The van der Waals surface area contributed by atoms with Gasteiger partial charge in [0, 0.05) is 42.6 Å². The topological polar surface area (TPSA) is 53.9 Å². The first kappa shape index (κ1) is 23.7. The monoisotopic (exact) mass is 497 g/mol. The van der Waals surface area contributed by atoms with Gasteiger partial charge >= 0.3 is 6.18 Å². The first-order chi connectivity index (χ1) is 17.0. The normalized spacial score (nSPS) is 15.5. The van der Waals surface area contributed by atoms with Crippen LogP contribution in [0.2, 0.25) is 0 Å². The standard InChI is InChI=1S/C26H26F3N5S/c27-26(28,29)23-4-3-21-24(33-23)22(20-8-13-35-17-20)16-32-25(21)31-15-19-6-11-34(12-7-19)10-5-18-2-1-9-30-14-18/h1-4,8-9,13-14,16-17,19H,5-7,10-12,15H2,(H,31,32). The number of hydrogen-bond acceptors (Lipinski definition) is 6. The number of aromatic nitrogens is 3. The molecule has 5 nitrogen and oxygen atoms in total. The molecule has 0 spiro atoms. The van der Waals surface area contributed by atoms with E-state index < -0.39 is 11.9 Å². The molecule has 4 aromatic rings. The van der Waals surface area contributed by atoms with Crippen LogP contribution in [0.25, 0.3) is 22.0 Å². The Bertz CT molecular complexity index is 1250. The molecule has 0 radical (unpaired) electrons. The van der Waals surface area contributed by atoms with Crippen LogP contribution in [0.15, 0.2) is 59.7 Å². The van der Waals surface area contributed by atoms with Crippen molar-refractivity contribution < 1.29 is 13.2 Å². The largest absolute Gasteiger partial charge is 0.433 e. The van der Waals surface area contributed by atoms with E-state index in [1.165, 1.54) is 23.0 Å². The number of anilines is 1. The van der Waals surface area contributed by atoms with E-state index in [-0.39, 0.29) is 0 Å².